The lowest BCUT2D eigenvalue weighted by Crippen LogP contribution is -2.34. The molecule has 0 radical (unpaired) electrons. The fourth-order valence-corrected chi connectivity index (χ4v) is 2.37. The second kappa shape index (κ2) is 5.63. The van der Waals surface area contributed by atoms with Gasteiger partial charge >= 0.3 is 6.61 Å². The van der Waals surface area contributed by atoms with Gasteiger partial charge in [0.25, 0.3) is 0 Å². The van der Waals surface area contributed by atoms with Gasteiger partial charge in [0.1, 0.15) is 0 Å². The number of halogens is 2. The van der Waals surface area contributed by atoms with Crippen molar-refractivity contribution >= 4 is 0 Å². The topological polar surface area (TPSA) is 62.5 Å². The van der Waals surface area contributed by atoms with E-state index in [1.54, 1.807) is 6.07 Å². The highest BCUT2D eigenvalue weighted by molar-refractivity contribution is 5.44. The summed E-state index contributed by atoms with van der Waals surface area (Å²) in [5, 5.41) is 19.5. The second-order valence-corrected chi connectivity index (χ2v) is 4.81. The molecule has 1 saturated carbocycles. The largest absolute Gasteiger partial charge is 0.493 e. The van der Waals surface area contributed by atoms with E-state index in [1.165, 1.54) is 19.2 Å². The second-order valence-electron chi connectivity index (χ2n) is 4.81. The summed E-state index contributed by atoms with van der Waals surface area (Å²) in [6.45, 7) is -2.98. The number of hydrogen-bond donors (Lipinski definition) is 1. The molecule has 6 heteroatoms. The molecule has 1 aliphatic carbocycles. The van der Waals surface area contributed by atoms with Crippen LogP contribution in [0, 0.1) is 16.7 Å². The Kier molecular flexibility index (Phi) is 4.09. The Morgan fingerprint density at radius 1 is 1.35 bits per heavy atom. The maximum absolute atomic E-state index is 12.4. The molecule has 0 saturated heterocycles. The van der Waals surface area contributed by atoms with Crippen molar-refractivity contribution in [1.82, 2.24) is 0 Å². The molecule has 1 unspecified atom stereocenters. The molecule has 108 valence electrons. The number of ether oxygens (including phenoxy) is 2. The van der Waals surface area contributed by atoms with Crippen LogP contribution in [0.5, 0.6) is 11.5 Å². The molecule has 0 amide bonds. The molecular formula is C14H15F2NO3. The molecule has 0 bridgehead atoms. The summed E-state index contributed by atoms with van der Waals surface area (Å²) in [5.74, 6) is 0.00679. The van der Waals surface area contributed by atoms with Crippen LogP contribution in [-0.2, 0) is 0 Å². The van der Waals surface area contributed by atoms with Gasteiger partial charge in [-0.05, 0) is 30.5 Å². The Bertz CT molecular complexity index is 524. The predicted octanol–water partition coefficient (Wildman–Crippen LogP) is 3.02. The highest BCUT2D eigenvalue weighted by atomic mass is 19.3. The van der Waals surface area contributed by atoms with Gasteiger partial charge in [-0.3, -0.25) is 0 Å². The third kappa shape index (κ3) is 2.54. The van der Waals surface area contributed by atoms with Gasteiger partial charge in [-0.1, -0.05) is 12.5 Å². The van der Waals surface area contributed by atoms with Crippen LogP contribution in [0.1, 0.15) is 30.9 Å². The smallest absolute Gasteiger partial charge is 0.387 e. The van der Waals surface area contributed by atoms with Crippen LogP contribution in [0.15, 0.2) is 18.2 Å². The zero-order valence-electron chi connectivity index (χ0n) is 11.0. The van der Waals surface area contributed by atoms with E-state index in [1.807, 2.05) is 0 Å². The minimum absolute atomic E-state index is 0.147. The highest BCUT2D eigenvalue weighted by Crippen LogP contribution is 2.50. The van der Waals surface area contributed by atoms with E-state index in [4.69, 9.17) is 4.74 Å². The molecule has 1 aromatic carbocycles. The van der Waals surface area contributed by atoms with Crippen molar-refractivity contribution in [2.45, 2.75) is 32.0 Å². The summed E-state index contributed by atoms with van der Waals surface area (Å²) >= 11 is 0. The minimum Gasteiger partial charge on any atom is -0.493 e. The summed E-state index contributed by atoms with van der Waals surface area (Å²) < 4.78 is 34.0. The Balaban J connectivity index is 2.31. The zero-order valence-corrected chi connectivity index (χ0v) is 11.0. The van der Waals surface area contributed by atoms with E-state index >= 15 is 0 Å². The number of hydrogen-bond acceptors (Lipinski definition) is 4. The van der Waals surface area contributed by atoms with Crippen LogP contribution in [0.4, 0.5) is 8.78 Å². The molecule has 1 N–H and O–H groups in total. The standard InChI is InChI=1S/C14H15F2NO3/c1-19-10-4-3-9(7-11(10)20-13(15)16)12(18)14(8-17)5-2-6-14/h3-4,7,12-13,18H,2,5-6H2,1H3. The van der Waals surface area contributed by atoms with Crippen molar-refractivity contribution in [3.63, 3.8) is 0 Å². The molecule has 1 aromatic rings. The van der Waals surface area contributed by atoms with Crippen molar-refractivity contribution in [2.24, 2.45) is 5.41 Å². The van der Waals surface area contributed by atoms with Gasteiger partial charge in [-0.25, -0.2) is 0 Å². The lowest BCUT2D eigenvalue weighted by atomic mass is 9.64. The SMILES string of the molecule is COc1ccc(C(O)C2(C#N)CCC2)cc1OC(F)F. The monoisotopic (exact) mass is 283 g/mol. The van der Waals surface area contributed by atoms with Crippen LogP contribution < -0.4 is 9.47 Å². The summed E-state index contributed by atoms with van der Waals surface area (Å²) in [5.41, 5.74) is -0.445. The first kappa shape index (κ1) is 14.5. The Morgan fingerprint density at radius 3 is 2.50 bits per heavy atom. The van der Waals surface area contributed by atoms with Gasteiger partial charge in [0.2, 0.25) is 0 Å². The molecule has 1 atom stereocenters. The van der Waals surface area contributed by atoms with Crippen LogP contribution in [0.25, 0.3) is 0 Å². The maximum Gasteiger partial charge on any atom is 0.387 e. The van der Waals surface area contributed by atoms with Crippen LogP contribution in [0.2, 0.25) is 0 Å². The number of benzene rings is 1. The van der Waals surface area contributed by atoms with E-state index in [2.05, 4.69) is 10.8 Å². The molecule has 0 heterocycles. The average Bonchev–Trinajstić information content (AvgIpc) is 2.37. The van der Waals surface area contributed by atoms with E-state index in [0.29, 0.717) is 18.4 Å². The molecule has 1 fully saturated rings. The quantitative estimate of drug-likeness (QED) is 0.902. The lowest BCUT2D eigenvalue weighted by molar-refractivity contribution is -0.0516. The van der Waals surface area contributed by atoms with Crippen molar-refractivity contribution in [1.29, 1.82) is 5.26 Å². The first-order chi connectivity index (χ1) is 9.52. The molecule has 0 aromatic heterocycles. The number of alkyl halides is 2. The van der Waals surface area contributed by atoms with E-state index in [9.17, 15) is 19.1 Å². The zero-order chi connectivity index (χ0) is 14.8. The first-order valence-corrected chi connectivity index (χ1v) is 6.24. The Morgan fingerprint density at radius 2 is 2.05 bits per heavy atom. The number of methoxy groups -OCH3 is 1. The average molecular weight is 283 g/mol. The van der Waals surface area contributed by atoms with Crippen LogP contribution in [0.3, 0.4) is 0 Å². The summed E-state index contributed by atoms with van der Waals surface area (Å²) in [6.07, 6.45) is 1.05. The van der Waals surface area contributed by atoms with Gasteiger partial charge in [-0.2, -0.15) is 14.0 Å². The summed E-state index contributed by atoms with van der Waals surface area (Å²) in [4.78, 5) is 0. The fraction of sp³-hybridized carbons (Fsp3) is 0.500. The third-order valence-electron chi connectivity index (χ3n) is 3.71. The molecule has 0 aliphatic heterocycles. The van der Waals surface area contributed by atoms with Crippen LogP contribution >= 0.6 is 0 Å². The van der Waals surface area contributed by atoms with Gasteiger partial charge in [0.15, 0.2) is 11.5 Å². The molecule has 1 aliphatic rings. The molecule has 4 nitrogen and oxygen atoms in total. The van der Waals surface area contributed by atoms with Gasteiger partial charge < -0.3 is 14.6 Å². The fourth-order valence-electron chi connectivity index (χ4n) is 2.37. The number of aliphatic hydroxyl groups excluding tert-OH is 1. The Hall–Kier alpha value is -1.87. The maximum atomic E-state index is 12.4. The Labute approximate surface area is 115 Å². The number of nitrogens with zero attached hydrogens (tertiary/aromatic N) is 1. The number of aliphatic hydroxyl groups is 1. The normalized spacial score (nSPS) is 18.0. The third-order valence-corrected chi connectivity index (χ3v) is 3.71. The lowest BCUT2D eigenvalue weighted by Gasteiger charge is -2.39. The highest BCUT2D eigenvalue weighted by Gasteiger charge is 2.44. The number of rotatable bonds is 5. The minimum atomic E-state index is -2.98. The molecule has 0 spiro atoms. The van der Waals surface area contributed by atoms with Crippen molar-refractivity contribution in [2.75, 3.05) is 7.11 Å². The predicted molar refractivity (Wildman–Crippen MR) is 66.5 cm³/mol. The van der Waals surface area contributed by atoms with Crippen molar-refractivity contribution < 1.29 is 23.4 Å². The van der Waals surface area contributed by atoms with Crippen LogP contribution in [-0.4, -0.2) is 18.8 Å². The van der Waals surface area contributed by atoms with E-state index < -0.39 is 18.1 Å². The molecular weight excluding hydrogens is 268 g/mol. The van der Waals surface area contributed by atoms with E-state index in [-0.39, 0.29) is 11.5 Å². The van der Waals surface area contributed by atoms with Gasteiger partial charge in [0.05, 0.1) is 24.7 Å². The number of nitriles is 1. The van der Waals surface area contributed by atoms with Crippen molar-refractivity contribution in [3.8, 4) is 17.6 Å². The van der Waals surface area contributed by atoms with Crippen molar-refractivity contribution in [3.05, 3.63) is 23.8 Å². The van der Waals surface area contributed by atoms with E-state index in [0.717, 1.165) is 6.42 Å². The molecule has 20 heavy (non-hydrogen) atoms. The first-order valence-electron chi connectivity index (χ1n) is 6.24. The summed E-state index contributed by atoms with van der Waals surface area (Å²) in [7, 11) is 1.34. The van der Waals surface area contributed by atoms with Gasteiger partial charge in [0, 0.05) is 0 Å². The van der Waals surface area contributed by atoms with Gasteiger partial charge in [-0.15, -0.1) is 0 Å². The molecule has 2 rings (SSSR count). The summed E-state index contributed by atoms with van der Waals surface area (Å²) in [6, 6.07) is 6.43.